The van der Waals surface area contributed by atoms with Crippen molar-refractivity contribution >= 4 is 16.9 Å². The molecule has 17 heavy (non-hydrogen) atoms. The maximum Gasteiger partial charge on any atom is 0.134 e. The van der Waals surface area contributed by atoms with Gasteiger partial charge in [0.25, 0.3) is 0 Å². The van der Waals surface area contributed by atoms with E-state index >= 15 is 0 Å². The number of hydrogen-bond donors (Lipinski definition) is 0. The van der Waals surface area contributed by atoms with Crippen LogP contribution in [0, 0.1) is 6.92 Å². The highest BCUT2D eigenvalue weighted by Gasteiger charge is 2.11. The summed E-state index contributed by atoms with van der Waals surface area (Å²) in [6, 6.07) is 3.99. The van der Waals surface area contributed by atoms with Gasteiger partial charge in [-0.2, -0.15) is 0 Å². The Balaban J connectivity index is 2.59. The molecule has 0 radical (unpaired) electrons. The predicted octanol–water partition coefficient (Wildman–Crippen LogP) is 2.16. The molecule has 1 aromatic carbocycles. The van der Waals surface area contributed by atoms with Crippen LogP contribution in [0.25, 0.3) is 11.0 Å². The lowest BCUT2D eigenvalue weighted by atomic mass is 9.95. The van der Waals surface area contributed by atoms with Gasteiger partial charge in [0.05, 0.1) is 6.26 Å². The Labute approximate surface area is 100 Å². The Hall–Kier alpha value is -1.77. The third-order valence-corrected chi connectivity index (χ3v) is 3.00. The quantitative estimate of drug-likeness (QED) is 0.813. The van der Waals surface area contributed by atoms with E-state index in [0.717, 1.165) is 11.0 Å². The van der Waals surface area contributed by atoms with Crippen molar-refractivity contribution in [1.29, 1.82) is 0 Å². The number of benzene rings is 1. The third-order valence-electron chi connectivity index (χ3n) is 3.00. The smallest absolute Gasteiger partial charge is 0.134 e. The second kappa shape index (κ2) is 4.24. The summed E-state index contributed by atoms with van der Waals surface area (Å²) in [7, 11) is 0. The largest absolute Gasteiger partial charge is 0.550 e. The number of furan rings is 1. The van der Waals surface area contributed by atoms with Crippen LogP contribution in [0.4, 0.5) is 0 Å². The number of hydrogen-bond acceptors (Lipinski definition) is 3. The minimum atomic E-state index is -1.08. The summed E-state index contributed by atoms with van der Waals surface area (Å²) in [5.74, 6) is -0.676. The Morgan fingerprint density at radius 1 is 1.41 bits per heavy atom. The fourth-order valence-electron chi connectivity index (χ4n) is 2.16. The van der Waals surface area contributed by atoms with Crippen LogP contribution in [0.2, 0.25) is 0 Å². The SMILES string of the molecule is Cc1cc2occ(CC(=O)[O-])c2cc1C(C)C. The minimum absolute atomic E-state index is 0.104. The monoisotopic (exact) mass is 231 g/mol. The second-order valence-electron chi connectivity index (χ2n) is 4.67. The Morgan fingerprint density at radius 2 is 2.12 bits per heavy atom. The van der Waals surface area contributed by atoms with Gasteiger partial charge >= 0.3 is 0 Å². The molecule has 0 N–H and O–H groups in total. The van der Waals surface area contributed by atoms with E-state index < -0.39 is 5.97 Å². The van der Waals surface area contributed by atoms with Crippen molar-refractivity contribution in [2.24, 2.45) is 0 Å². The number of carbonyl (C=O) groups excluding carboxylic acids is 1. The highest BCUT2D eigenvalue weighted by atomic mass is 16.4. The molecule has 0 fully saturated rings. The van der Waals surface area contributed by atoms with Crippen LogP contribution in [-0.4, -0.2) is 5.97 Å². The average Bonchev–Trinajstić information content (AvgIpc) is 2.58. The zero-order chi connectivity index (χ0) is 12.6. The molecule has 3 heteroatoms. The Bertz CT molecular complexity index is 564. The molecule has 0 saturated heterocycles. The first-order valence-electron chi connectivity index (χ1n) is 5.69. The van der Waals surface area contributed by atoms with Gasteiger partial charge in [0.2, 0.25) is 0 Å². The van der Waals surface area contributed by atoms with E-state index in [-0.39, 0.29) is 6.42 Å². The van der Waals surface area contributed by atoms with Crippen molar-refractivity contribution in [3.8, 4) is 0 Å². The van der Waals surface area contributed by atoms with Crippen LogP contribution in [-0.2, 0) is 11.2 Å². The zero-order valence-electron chi connectivity index (χ0n) is 10.2. The van der Waals surface area contributed by atoms with Crippen LogP contribution < -0.4 is 5.11 Å². The van der Waals surface area contributed by atoms with Crippen molar-refractivity contribution in [3.63, 3.8) is 0 Å². The van der Waals surface area contributed by atoms with Gasteiger partial charge in [-0.15, -0.1) is 0 Å². The van der Waals surface area contributed by atoms with Crippen LogP contribution in [0.1, 0.15) is 36.5 Å². The van der Waals surface area contributed by atoms with E-state index in [1.807, 2.05) is 19.1 Å². The summed E-state index contributed by atoms with van der Waals surface area (Å²) in [6.45, 7) is 6.27. The molecule has 0 saturated carbocycles. The fourth-order valence-corrected chi connectivity index (χ4v) is 2.16. The maximum atomic E-state index is 10.6. The van der Waals surface area contributed by atoms with Crippen molar-refractivity contribution < 1.29 is 14.3 Å². The molecule has 90 valence electrons. The van der Waals surface area contributed by atoms with Crippen LogP contribution in [0.5, 0.6) is 0 Å². The topological polar surface area (TPSA) is 53.3 Å². The summed E-state index contributed by atoms with van der Waals surface area (Å²) in [4.78, 5) is 10.6. The number of aryl methyl sites for hydroxylation is 1. The molecule has 0 amide bonds. The van der Waals surface area contributed by atoms with Gasteiger partial charge in [0, 0.05) is 23.3 Å². The van der Waals surface area contributed by atoms with E-state index in [2.05, 4.69) is 13.8 Å². The van der Waals surface area contributed by atoms with Crippen molar-refractivity contribution in [1.82, 2.24) is 0 Å². The molecule has 0 bridgehead atoms. The standard InChI is InChI=1S/C14H16O3/c1-8(2)11-6-12-10(5-14(15)16)7-17-13(12)4-9(11)3/h4,6-8H,5H2,1-3H3,(H,15,16)/p-1. The summed E-state index contributed by atoms with van der Waals surface area (Å²) >= 11 is 0. The van der Waals surface area contributed by atoms with E-state index in [1.54, 1.807) is 0 Å². The van der Waals surface area contributed by atoms with E-state index in [0.29, 0.717) is 11.5 Å². The van der Waals surface area contributed by atoms with Crippen molar-refractivity contribution in [2.75, 3.05) is 0 Å². The van der Waals surface area contributed by atoms with Crippen molar-refractivity contribution in [3.05, 3.63) is 35.1 Å². The van der Waals surface area contributed by atoms with Gasteiger partial charge in [-0.25, -0.2) is 0 Å². The predicted molar refractivity (Wildman–Crippen MR) is 63.8 cm³/mol. The summed E-state index contributed by atoms with van der Waals surface area (Å²) in [5.41, 5.74) is 3.81. The Kier molecular flexibility index (Phi) is 2.92. The van der Waals surface area contributed by atoms with Gasteiger partial charge in [-0.05, 0) is 36.1 Å². The van der Waals surface area contributed by atoms with Gasteiger partial charge < -0.3 is 14.3 Å². The molecule has 1 aromatic heterocycles. The molecule has 0 unspecified atom stereocenters. The number of rotatable bonds is 3. The van der Waals surface area contributed by atoms with Gasteiger partial charge in [-0.3, -0.25) is 0 Å². The maximum absolute atomic E-state index is 10.6. The molecule has 0 aliphatic heterocycles. The van der Waals surface area contributed by atoms with Gasteiger partial charge in [0.1, 0.15) is 5.58 Å². The molecular weight excluding hydrogens is 216 g/mol. The van der Waals surface area contributed by atoms with Gasteiger partial charge in [-0.1, -0.05) is 13.8 Å². The number of aliphatic carboxylic acids is 1. The molecule has 0 aliphatic carbocycles. The number of carboxylic acid groups (broad SMARTS) is 1. The number of fused-ring (bicyclic) bond motifs is 1. The van der Waals surface area contributed by atoms with Crippen LogP contribution in [0.15, 0.2) is 22.8 Å². The molecule has 3 nitrogen and oxygen atoms in total. The summed E-state index contributed by atoms with van der Waals surface area (Å²) < 4.78 is 5.37. The first-order valence-corrected chi connectivity index (χ1v) is 5.69. The normalized spacial score (nSPS) is 11.3. The summed E-state index contributed by atoms with van der Waals surface area (Å²) in [6.07, 6.45) is 1.40. The minimum Gasteiger partial charge on any atom is -0.550 e. The fraction of sp³-hybridized carbons (Fsp3) is 0.357. The number of carboxylic acids is 1. The van der Waals surface area contributed by atoms with Crippen LogP contribution >= 0.6 is 0 Å². The first kappa shape index (κ1) is 11.7. The lowest BCUT2D eigenvalue weighted by Gasteiger charge is -2.10. The molecule has 0 atom stereocenters. The molecule has 1 heterocycles. The van der Waals surface area contributed by atoms with Crippen molar-refractivity contribution in [2.45, 2.75) is 33.1 Å². The Morgan fingerprint density at radius 3 is 2.71 bits per heavy atom. The molecule has 0 spiro atoms. The first-order chi connectivity index (χ1) is 7.99. The second-order valence-corrected chi connectivity index (χ2v) is 4.67. The third kappa shape index (κ3) is 2.18. The van der Waals surface area contributed by atoms with E-state index in [9.17, 15) is 9.90 Å². The van der Waals surface area contributed by atoms with Crippen LogP contribution in [0.3, 0.4) is 0 Å². The highest BCUT2D eigenvalue weighted by Crippen LogP contribution is 2.28. The highest BCUT2D eigenvalue weighted by molar-refractivity contribution is 5.86. The molecule has 2 aromatic rings. The van der Waals surface area contributed by atoms with E-state index in [1.165, 1.54) is 17.4 Å². The molecular formula is C14H15O3-. The lowest BCUT2D eigenvalue weighted by molar-refractivity contribution is -0.304. The molecule has 2 rings (SSSR count). The number of carbonyl (C=O) groups is 1. The van der Waals surface area contributed by atoms with E-state index in [4.69, 9.17) is 4.42 Å². The zero-order valence-corrected chi connectivity index (χ0v) is 10.2. The summed E-state index contributed by atoms with van der Waals surface area (Å²) in [5, 5.41) is 11.5. The van der Waals surface area contributed by atoms with Gasteiger partial charge in [0.15, 0.2) is 0 Å². The average molecular weight is 231 g/mol. The lowest BCUT2D eigenvalue weighted by Crippen LogP contribution is -2.24. The molecule has 0 aliphatic rings.